The molecule has 0 saturated heterocycles. The maximum atomic E-state index is 13.3. The number of rotatable bonds is 2. The predicted octanol–water partition coefficient (Wildman–Crippen LogP) is 2.09. The average molecular weight is 223 g/mol. The molecule has 0 fully saturated rings. The van der Waals surface area contributed by atoms with Gasteiger partial charge in [0.2, 0.25) is 0 Å². The lowest BCUT2D eigenvalue weighted by Gasteiger charge is -2.11. The minimum absolute atomic E-state index is 0.0357. The van der Waals surface area contributed by atoms with Crippen molar-refractivity contribution in [3.8, 4) is 0 Å². The van der Waals surface area contributed by atoms with Crippen LogP contribution in [-0.2, 0) is 0 Å². The lowest BCUT2D eigenvalue weighted by Crippen LogP contribution is -2.22. The SMILES string of the molecule is NCC(N)c1cc(Cl)cc(Cl)c1F. The topological polar surface area (TPSA) is 52.0 Å². The Morgan fingerprint density at radius 1 is 1.38 bits per heavy atom. The van der Waals surface area contributed by atoms with Crippen LogP contribution in [0.15, 0.2) is 12.1 Å². The maximum absolute atomic E-state index is 13.3. The molecule has 0 bridgehead atoms. The van der Waals surface area contributed by atoms with E-state index in [2.05, 4.69) is 0 Å². The van der Waals surface area contributed by atoms with Gasteiger partial charge >= 0.3 is 0 Å². The summed E-state index contributed by atoms with van der Waals surface area (Å²) in [6, 6.07) is 2.18. The lowest BCUT2D eigenvalue weighted by molar-refractivity contribution is 0.584. The van der Waals surface area contributed by atoms with E-state index in [0.717, 1.165) is 0 Å². The van der Waals surface area contributed by atoms with E-state index in [0.29, 0.717) is 5.02 Å². The van der Waals surface area contributed by atoms with Crippen molar-refractivity contribution in [3.05, 3.63) is 33.6 Å². The lowest BCUT2D eigenvalue weighted by atomic mass is 10.1. The Bertz CT molecular complexity index is 317. The van der Waals surface area contributed by atoms with Crippen LogP contribution in [0.2, 0.25) is 10.0 Å². The van der Waals surface area contributed by atoms with E-state index < -0.39 is 11.9 Å². The van der Waals surface area contributed by atoms with E-state index in [1.807, 2.05) is 0 Å². The Hall–Kier alpha value is -0.350. The smallest absolute Gasteiger partial charge is 0.146 e. The van der Waals surface area contributed by atoms with Crippen LogP contribution < -0.4 is 11.5 Å². The van der Waals surface area contributed by atoms with Gasteiger partial charge in [0, 0.05) is 23.2 Å². The molecule has 1 aromatic rings. The standard InChI is InChI=1S/C8H9Cl2FN2/c9-4-1-5(7(13)3-12)8(11)6(10)2-4/h1-2,7H,3,12-13H2. The molecule has 0 saturated carbocycles. The van der Waals surface area contributed by atoms with E-state index in [1.165, 1.54) is 12.1 Å². The third kappa shape index (κ3) is 2.31. The monoisotopic (exact) mass is 222 g/mol. The van der Waals surface area contributed by atoms with Gasteiger partial charge in [0.15, 0.2) is 0 Å². The zero-order valence-corrected chi connectivity index (χ0v) is 8.24. The first-order valence-corrected chi connectivity index (χ1v) is 4.42. The van der Waals surface area contributed by atoms with Gasteiger partial charge < -0.3 is 11.5 Å². The minimum atomic E-state index is -0.573. The van der Waals surface area contributed by atoms with Crippen LogP contribution in [0.25, 0.3) is 0 Å². The van der Waals surface area contributed by atoms with Gasteiger partial charge in [-0.1, -0.05) is 23.2 Å². The molecule has 1 atom stereocenters. The zero-order chi connectivity index (χ0) is 10.0. The summed E-state index contributed by atoms with van der Waals surface area (Å²) < 4.78 is 13.3. The molecule has 0 aromatic heterocycles. The predicted molar refractivity (Wildman–Crippen MR) is 52.4 cm³/mol. The van der Waals surface area contributed by atoms with Crippen molar-refractivity contribution in [1.29, 1.82) is 0 Å². The molecule has 2 nitrogen and oxygen atoms in total. The van der Waals surface area contributed by atoms with Crippen LogP contribution in [0, 0.1) is 5.82 Å². The molecule has 0 aliphatic rings. The Kier molecular flexibility index (Phi) is 3.50. The highest BCUT2D eigenvalue weighted by Crippen LogP contribution is 2.26. The van der Waals surface area contributed by atoms with Gasteiger partial charge in [-0.15, -0.1) is 0 Å². The number of benzene rings is 1. The van der Waals surface area contributed by atoms with E-state index in [1.54, 1.807) is 0 Å². The van der Waals surface area contributed by atoms with Crippen molar-refractivity contribution in [2.75, 3.05) is 6.54 Å². The second-order valence-corrected chi connectivity index (χ2v) is 3.48. The first kappa shape index (κ1) is 10.7. The summed E-state index contributed by atoms with van der Waals surface area (Å²) in [4.78, 5) is 0. The van der Waals surface area contributed by atoms with Gasteiger partial charge in [-0.25, -0.2) is 4.39 Å². The maximum Gasteiger partial charge on any atom is 0.146 e. The quantitative estimate of drug-likeness (QED) is 0.754. The Labute approximate surface area is 85.6 Å². The molecular weight excluding hydrogens is 214 g/mol. The molecule has 72 valence electrons. The van der Waals surface area contributed by atoms with Crippen molar-refractivity contribution in [1.82, 2.24) is 0 Å². The summed E-state index contributed by atoms with van der Waals surface area (Å²) in [6.45, 7) is 0.146. The Morgan fingerprint density at radius 3 is 2.54 bits per heavy atom. The highest BCUT2D eigenvalue weighted by molar-refractivity contribution is 6.34. The minimum Gasteiger partial charge on any atom is -0.329 e. The third-order valence-electron chi connectivity index (χ3n) is 1.67. The van der Waals surface area contributed by atoms with Gasteiger partial charge in [-0.3, -0.25) is 0 Å². The summed E-state index contributed by atoms with van der Waals surface area (Å²) >= 11 is 11.2. The van der Waals surface area contributed by atoms with E-state index in [9.17, 15) is 4.39 Å². The fraction of sp³-hybridized carbons (Fsp3) is 0.250. The summed E-state index contributed by atoms with van der Waals surface area (Å²) in [5.74, 6) is -0.552. The summed E-state index contributed by atoms with van der Waals surface area (Å²) in [5.41, 5.74) is 11.1. The summed E-state index contributed by atoms with van der Waals surface area (Å²) in [7, 11) is 0. The van der Waals surface area contributed by atoms with Gasteiger partial charge in [0.05, 0.1) is 5.02 Å². The molecular formula is C8H9Cl2FN2. The second-order valence-electron chi connectivity index (χ2n) is 2.63. The highest BCUT2D eigenvalue weighted by atomic mass is 35.5. The number of nitrogens with two attached hydrogens (primary N) is 2. The highest BCUT2D eigenvalue weighted by Gasteiger charge is 2.13. The molecule has 0 aliphatic carbocycles. The van der Waals surface area contributed by atoms with Crippen LogP contribution in [0.3, 0.4) is 0 Å². The molecule has 1 aromatic carbocycles. The third-order valence-corrected chi connectivity index (χ3v) is 2.17. The van der Waals surface area contributed by atoms with Crippen molar-refractivity contribution >= 4 is 23.2 Å². The second kappa shape index (κ2) is 4.24. The molecule has 4 N–H and O–H groups in total. The molecule has 0 heterocycles. The molecule has 0 amide bonds. The molecule has 0 radical (unpaired) electrons. The van der Waals surface area contributed by atoms with Crippen LogP contribution in [-0.4, -0.2) is 6.54 Å². The van der Waals surface area contributed by atoms with Crippen LogP contribution in [0.5, 0.6) is 0 Å². The van der Waals surface area contributed by atoms with Gasteiger partial charge in [0.1, 0.15) is 5.82 Å². The van der Waals surface area contributed by atoms with Gasteiger partial charge in [0.25, 0.3) is 0 Å². The van der Waals surface area contributed by atoms with E-state index >= 15 is 0 Å². The summed E-state index contributed by atoms with van der Waals surface area (Å²) in [6.07, 6.45) is 0. The van der Waals surface area contributed by atoms with E-state index in [-0.39, 0.29) is 17.1 Å². The summed E-state index contributed by atoms with van der Waals surface area (Å²) in [5, 5.41) is 0.316. The largest absolute Gasteiger partial charge is 0.329 e. The van der Waals surface area contributed by atoms with E-state index in [4.69, 9.17) is 34.7 Å². The zero-order valence-electron chi connectivity index (χ0n) is 6.73. The molecule has 1 rings (SSSR count). The van der Waals surface area contributed by atoms with Crippen LogP contribution in [0.4, 0.5) is 4.39 Å². The normalized spacial score (nSPS) is 13.0. The molecule has 0 aliphatic heterocycles. The first-order valence-electron chi connectivity index (χ1n) is 3.66. The van der Waals surface area contributed by atoms with Crippen molar-refractivity contribution in [3.63, 3.8) is 0 Å². The Balaban J connectivity index is 3.20. The number of hydrogen-bond acceptors (Lipinski definition) is 2. The number of halogens is 3. The Morgan fingerprint density at radius 2 is 2.00 bits per heavy atom. The fourth-order valence-electron chi connectivity index (χ4n) is 0.973. The van der Waals surface area contributed by atoms with Crippen molar-refractivity contribution in [2.45, 2.75) is 6.04 Å². The molecule has 0 spiro atoms. The molecule has 1 unspecified atom stereocenters. The van der Waals surface area contributed by atoms with Crippen molar-refractivity contribution in [2.24, 2.45) is 11.5 Å². The van der Waals surface area contributed by atoms with Crippen LogP contribution >= 0.6 is 23.2 Å². The molecule has 13 heavy (non-hydrogen) atoms. The fourth-order valence-corrected chi connectivity index (χ4v) is 1.48. The first-order chi connectivity index (χ1) is 6.06. The number of hydrogen-bond donors (Lipinski definition) is 2. The van der Waals surface area contributed by atoms with Crippen molar-refractivity contribution < 1.29 is 4.39 Å². The van der Waals surface area contributed by atoms with Gasteiger partial charge in [-0.2, -0.15) is 0 Å². The molecule has 5 heteroatoms. The van der Waals surface area contributed by atoms with Crippen LogP contribution in [0.1, 0.15) is 11.6 Å². The average Bonchev–Trinajstić information content (AvgIpc) is 2.10. The van der Waals surface area contributed by atoms with Gasteiger partial charge in [-0.05, 0) is 12.1 Å².